The van der Waals surface area contributed by atoms with Gasteiger partial charge in [0.2, 0.25) is 0 Å². The van der Waals surface area contributed by atoms with Crippen molar-refractivity contribution in [2.75, 3.05) is 0 Å². The van der Waals surface area contributed by atoms with E-state index in [2.05, 4.69) is 4.74 Å². The highest BCUT2D eigenvalue weighted by Crippen LogP contribution is 2.24. The predicted octanol–water partition coefficient (Wildman–Crippen LogP) is -0.830. The lowest BCUT2D eigenvalue weighted by Gasteiger charge is -2.36. The van der Waals surface area contributed by atoms with Crippen molar-refractivity contribution >= 4 is 11.9 Å². The van der Waals surface area contributed by atoms with Crippen molar-refractivity contribution in [3.05, 3.63) is 0 Å². The molecule has 6 heteroatoms. The molecule has 1 fully saturated rings. The number of carboxylic acids is 1. The molecule has 1 atom stereocenters. The zero-order chi connectivity index (χ0) is 10.8. The fourth-order valence-electron chi connectivity index (χ4n) is 1.54. The number of carbonyl (C=O) groups excluding carboxylic acids is 1. The van der Waals surface area contributed by atoms with Crippen LogP contribution in [-0.4, -0.2) is 28.8 Å². The van der Waals surface area contributed by atoms with Crippen molar-refractivity contribution in [3.63, 3.8) is 0 Å². The van der Waals surface area contributed by atoms with E-state index in [0.717, 1.165) is 12.8 Å². The minimum Gasteiger partial charge on any atom is -0.473 e. The summed E-state index contributed by atoms with van der Waals surface area (Å²) >= 11 is 0. The number of hydrogen-bond donors (Lipinski definition) is 3. The fraction of sp³-hybridized carbons (Fsp3) is 0.750. The molecular weight excluding hydrogens is 188 g/mol. The van der Waals surface area contributed by atoms with Gasteiger partial charge in [0.15, 0.2) is 0 Å². The maximum Gasteiger partial charge on any atom is 0.417 e. The smallest absolute Gasteiger partial charge is 0.417 e. The van der Waals surface area contributed by atoms with Crippen LogP contribution in [0.1, 0.15) is 25.7 Å². The molecular formula is C8H14N2O4. The highest BCUT2D eigenvalue weighted by Gasteiger charge is 2.37. The molecule has 1 rings (SSSR count). The van der Waals surface area contributed by atoms with Gasteiger partial charge in [-0.25, -0.2) is 9.59 Å². The third kappa shape index (κ3) is 2.43. The molecule has 0 aromatic rings. The van der Waals surface area contributed by atoms with Crippen LogP contribution in [0.3, 0.4) is 0 Å². The van der Waals surface area contributed by atoms with Crippen molar-refractivity contribution in [2.24, 2.45) is 11.5 Å². The molecule has 0 amide bonds. The van der Waals surface area contributed by atoms with Gasteiger partial charge in [-0.3, -0.25) is 0 Å². The summed E-state index contributed by atoms with van der Waals surface area (Å²) in [6, 6.07) is 0. The summed E-state index contributed by atoms with van der Waals surface area (Å²) in [5.41, 5.74) is 10.3. The van der Waals surface area contributed by atoms with E-state index >= 15 is 0 Å². The second-order valence-corrected chi connectivity index (χ2v) is 3.56. The lowest BCUT2D eigenvalue weighted by Crippen LogP contribution is -2.61. The molecule has 0 aromatic carbocycles. The number of aliphatic carboxylic acids is 1. The van der Waals surface area contributed by atoms with E-state index in [1.807, 2.05) is 0 Å². The quantitative estimate of drug-likeness (QED) is 0.290. The molecule has 1 saturated carbocycles. The first-order chi connectivity index (χ1) is 6.43. The van der Waals surface area contributed by atoms with Crippen LogP contribution >= 0.6 is 0 Å². The Bertz CT molecular complexity index is 252. The van der Waals surface area contributed by atoms with Crippen molar-refractivity contribution in [3.8, 4) is 0 Å². The molecule has 1 aliphatic rings. The fourth-order valence-corrected chi connectivity index (χ4v) is 1.54. The van der Waals surface area contributed by atoms with E-state index in [9.17, 15) is 9.59 Å². The number of nitrogens with two attached hydrogens (primary N) is 2. The van der Waals surface area contributed by atoms with Crippen LogP contribution in [0.15, 0.2) is 0 Å². The van der Waals surface area contributed by atoms with Crippen LogP contribution in [0, 0.1) is 0 Å². The van der Waals surface area contributed by atoms with Crippen molar-refractivity contribution in [1.29, 1.82) is 0 Å². The van der Waals surface area contributed by atoms with Crippen molar-refractivity contribution in [1.82, 2.24) is 0 Å². The average molecular weight is 202 g/mol. The SMILES string of the molecule is NC1(N)CCCCC1OC(=O)C(=O)O. The number of esters is 1. The summed E-state index contributed by atoms with van der Waals surface area (Å²) in [5.74, 6) is -2.91. The van der Waals surface area contributed by atoms with Crippen molar-refractivity contribution in [2.45, 2.75) is 37.5 Å². The molecule has 0 bridgehead atoms. The van der Waals surface area contributed by atoms with E-state index in [-0.39, 0.29) is 0 Å². The second kappa shape index (κ2) is 3.93. The molecule has 5 N–H and O–H groups in total. The molecule has 0 heterocycles. The minimum atomic E-state index is -1.62. The van der Waals surface area contributed by atoms with Gasteiger partial charge in [0.1, 0.15) is 11.8 Å². The van der Waals surface area contributed by atoms with Gasteiger partial charge in [0.05, 0.1) is 0 Å². The zero-order valence-corrected chi connectivity index (χ0v) is 7.73. The number of rotatable bonds is 1. The summed E-state index contributed by atoms with van der Waals surface area (Å²) in [4.78, 5) is 21.0. The van der Waals surface area contributed by atoms with Crippen LogP contribution in [0.5, 0.6) is 0 Å². The summed E-state index contributed by atoms with van der Waals surface area (Å²) in [6.07, 6.45) is 2.07. The number of carbonyl (C=O) groups is 2. The lowest BCUT2D eigenvalue weighted by molar-refractivity contribution is -0.171. The molecule has 1 aliphatic carbocycles. The van der Waals surface area contributed by atoms with Crippen LogP contribution < -0.4 is 11.5 Å². The highest BCUT2D eigenvalue weighted by molar-refractivity contribution is 6.28. The minimum absolute atomic E-state index is 0.520. The monoisotopic (exact) mass is 202 g/mol. The Hall–Kier alpha value is -1.14. The van der Waals surface area contributed by atoms with Gasteiger partial charge in [0.25, 0.3) is 0 Å². The Morgan fingerprint density at radius 1 is 1.36 bits per heavy atom. The standard InChI is InChI=1S/C8H14N2O4/c9-8(10)4-2-1-3-5(8)14-7(13)6(11)12/h5H,1-4,9-10H2,(H,11,12). The molecule has 0 saturated heterocycles. The van der Waals surface area contributed by atoms with E-state index in [1.54, 1.807) is 0 Å². The van der Waals surface area contributed by atoms with Crippen LogP contribution in [0.2, 0.25) is 0 Å². The maximum absolute atomic E-state index is 10.8. The normalized spacial score (nSPS) is 25.4. The molecule has 1 unspecified atom stereocenters. The highest BCUT2D eigenvalue weighted by atomic mass is 16.6. The van der Waals surface area contributed by atoms with Crippen LogP contribution in [0.25, 0.3) is 0 Å². The Morgan fingerprint density at radius 2 is 2.00 bits per heavy atom. The first-order valence-corrected chi connectivity index (χ1v) is 4.45. The maximum atomic E-state index is 10.8. The van der Waals surface area contributed by atoms with Gasteiger partial charge in [-0.05, 0) is 25.7 Å². The molecule has 0 aliphatic heterocycles. The third-order valence-electron chi connectivity index (χ3n) is 2.35. The van der Waals surface area contributed by atoms with Gasteiger partial charge >= 0.3 is 11.9 Å². The molecule has 0 radical (unpaired) electrons. The first kappa shape index (κ1) is 10.9. The van der Waals surface area contributed by atoms with Gasteiger partial charge in [-0.2, -0.15) is 0 Å². The van der Waals surface area contributed by atoms with E-state index in [0.29, 0.717) is 12.8 Å². The molecule has 80 valence electrons. The topological polar surface area (TPSA) is 116 Å². The molecule has 0 aromatic heterocycles. The first-order valence-electron chi connectivity index (χ1n) is 4.45. The van der Waals surface area contributed by atoms with Gasteiger partial charge in [-0.1, -0.05) is 0 Å². The summed E-state index contributed by atoms with van der Waals surface area (Å²) < 4.78 is 4.68. The Balaban J connectivity index is 2.58. The van der Waals surface area contributed by atoms with Crippen molar-refractivity contribution < 1.29 is 19.4 Å². The number of hydrogen-bond acceptors (Lipinski definition) is 5. The number of carboxylic acid groups (broad SMARTS) is 1. The molecule has 6 nitrogen and oxygen atoms in total. The summed E-state index contributed by atoms with van der Waals surface area (Å²) in [6.45, 7) is 0. The Morgan fingerprint density at radius 3 is 2.50 bits per heavy atom. The summed E-state index contributed by atoms with van der Waals surface area (Å²) in [7, 11) is 0. The van der Waals surface area contributed by atoms with Gasteiger partial charge in [0, 0.05) is 0 Å². The van der Waals surface area contributed by atoms with Crippen LogP contribution in [-0.2, 0) is 14.3 Å². The van der Waals surface area contributed by atoms with E-state index < -0.39 is 23.7 Å². The lowest BCUT2D eigenvalue weighted by atomic mass is 9.87. The number of ether oxygens (including phenoxy) is 1. The van der Waals surface area contributed by atoms with E-state index in [1.165, 1.54) is 0 Å². The van der Waals surface area contributed by atoms with Gasteiger partial charge < -0.3 is 21.3 Å². The molecule has 14 heavy (non-hydrogen) atoms. The third-order valence-corrected chi connectivity index (χ3v) is 2.35. The zero-order valence-electron chi connectivity index (χ0n) is 7.73. The average Bonchev–Trinajstić information content (AvgIpc) is 2.08. The molecule has 0 spiro atoms. The largest absolute Gasteiger partial charge is 0.473 e. The Labute approximate surface area is 81.2 Å². The second-order valence-electron chi connectivity index (χ2n) is 3.56. The predicted molar refractivity (Wildman–Crippen MR) is 47.1 cm³/mol. The van der Waals surface area contributed by atoms with Crippen LogP contribution in [0.4, 0.5) is 0 Å². The Kier molecular flexibility index (Phi) is 3.07. The summed E-state index contributed by atoms with van der Waals surface area (Å²) in [5, 5.41) is 8.33. The van der Waals surface area contributed by atoms with E-state index in [4.69, 9.17) is 16.6 Å². The van der Waals surface area contributed by atoms with Gasteiger partial charge in [-0.15, -0.1) is 0 Å².